The number of hydrogen-bond acceptors (Lipinski definition) is 2. The van der Waals surface area contributed by atoms with E-state index < -0.39 is 0 Å². The van der Waals surface area contributed by atoms with Gasteiger partial charge in [0.1, 0.15) is 0 Å². The molecule has 1 unspecified atom stereocenters. The second kappa shape index (κ2) is 7.65. The molecule has 1 saturated carbocycles. The molecule has 20 heavy (non-hydrogen) atoms. The number of benzene rings is 1. The van der Waals surface area contributed by atoms with E-state index in [4.69, 9.17) is 5.73 Å². The summed E-state index contributed by atoms with van der Waals surface area (Å²) >= 11 is 0. The molecule has 1 aromatic rings. The van der Waals surface area contributed by atoms with E-state index in [-0.39, 0.29) is 29.8 Å². The highest BCUT2D eigenvalue weighted by molar-refractivity contribution is 5.85. The lowest BCUT2D eigenvalue weighted by Gasteiger charge is -2.27. The van der Waals surface area contributed by atoms with Crippen LogP contribution in [0.15, 0.2) is 30.3 Å². The van der Waals surface area contributed by atoms with Crippen LogP contribution >= 0.6 is 12.4 Å². The first-order valence-electron chi connectivity index (χ1n) is 7.27. The summed E-state index contributed by atoms with van der Waals surface area (Å²) < 4.78 is 0. The van der Waals surface area contributed by atoms with Crippen molar-refractivity contribution in [3.05, 3.63) is 35.9 Å². The number of carbonyl (C=O) groups is 1. The fourth-order valence-electron chi connectivity index (χ4n) is 3.00. The number of carbonyl (C=O) groups excluding carboxylic acids is 1. The molecule has 0 radical (unpaired) electrons. The molecule has 0 saturated heterocycles. The highest BCUT2D eigenvalue weighted by Gasteiger charge is 2.39. The average Bonchev–Trinajstić information content (AvgIpc) is 2.95. The first-order chi connectivity index (χ1) is 9.18. The Morgan fingerprint density at radius 1 is 1.30 bits per heavy atom. The van der Waals surface area contributed by atoms with Crippen LogP contribution in [0.2, 0.25) is 0 Å². The highest BCUT2D eigenvalue weighted by Crippen LogP contribution is 2.41. The molecule has 1 aliphatic rings. The van der Waals surface area contributed by atoms with E-state index in [1.807, 2.05) is 30.3 Å². The van der Waals surface area contributed by atoms with Crippen LogP contribution < -0.4 is 11.1 Å². The third-order valence-electron chi connectivity index (χ3n) is 4.43. The average molecular weight is 297 g/mol. The Hall–Kier alpha value is -1.06. The predicted octanol–water partition coefficient (Wildman–Crippen LogP) is 3.19. The van der Waals surface area contributed by atoms with E-state index in [1.54, 1.807) is 0 Å². The van der Waals surface area contributed by atoms with Gasteiger partial charge in [0.2, 0.25) is 5.91 Å². The van der Waals surface area contributed by atoms with Gasteiger partial charge >= 0.3 is 0 Å². The number of hydrogen-bond donors (Lipinski definition) is 2. The Morgan fingerprint density at radius 2 is 1.90 bits per heavy atom. The fraction of sp³-hybridized carbons (Fsp3) is 0.562. The normalized spacial score (nSPS) is 18.1. The van der Waals surface area contributed by atoms with E-state index >= 15 is 0 Å². The van der Waals surface area contributed by atoms with Gasteiger partial charge in [-0.2, -0.15) is 0 Å². The maximum Gasteiger partial charge on any atom is 0.226 e. The third-order valence-corrected chi connectivity index (χ3v) is 4.43. The van der Waals surface area contributed by atoms with Gasteiger partial charge in [0.25, 0.3) is 0 Å². The summed E-state index contributed by atoms with van der Waals surface area (Å²) in [7, 11) is 0. The lowest BCUT2D eigenvalue weighted by molar-refractivity contribution is -0.131. The zero-order valence-electron chi connectivity index (χ0n) is 12.1. The minimum absolute atomic E-state index is 0. The molecule has 2 rings (SSSR count). The third kappa shape index (κ3) is 3.74. The molecule has 1 aliphatic carbocycles. The monoisotopic (exact) mass is 296 g/mol. The van der Waals surface area contributed by atoms with E-state index in [1.165, 1.54) is 12.8 Å². The largest absolute Gasteiger partial charge is 0.354 e. The smallest absolute Gasteiger partial charge is 0.226 e. The van der Waals surface area contributed by atoms with Crippen LogP contribution in [-0.2, 0) is 4.79 Å². The lowest BCUT2D eigenvalue weighted by Crippen LogP contribution is -2.41. The van der Waals surface area contributed by atoms with Crippen molar-refractivity contribution in [3.8, 4) is 0 Å². The molecule has 1 fully saturated rings. The molecule has 0 heterocycles. The number of halogens is 1. The molecule has 3 nitrogen and oxygen atoms in total. The molecule has 0 spiro atoms. The molecule has 1 atom stereocenters. The molecule has 0 bridgehead atoms. The summed E-state index contributed by atoms with van der Waals surface area (Å²) in [5, 5.41) is 3.05. The quantitative estimate of drug-likeness (QED) is 0.877. The minimum atomic E-state index is -0.129. The second-order valence-electron chi connectivity index (χ2n) is 5.57. The van der Waals surface area contributed by atoms with E-state index in [0.717, 1.165) is 24.8 Å². The van der Waals surface area contributed by atoms with Gasteiger partial charge in [0.05, 0.1) is 0 Å². The van der Waals surface area contributed by atoms with Crippen LogP contribution in [0.3, 0.4) is 0 Å². The Bertz CT molecular complexity index is 416. The maximum absolute atomic E-state index is 12.4. The number of nitrogens with two attached hydrogens (primary N) is 1. The van der Waals surface area contributed by atoms with Gasteiger partial charge in [-0.15, -0.1) is 12.4 Å². The maximum atomic E-state index is 12.4. The second-order valence-corrected chi connectivity index (χ2v) is 5.57. The van der Waals surface area contributed by atoms with Gasteiger partial charge < -0.3 is 11.1 Å². The van der Waals surface area contributed by atoms with Crippen molar-refractivity contribution in [3.63, 3.8) is 0 Å². The SMILES string of the molecule is CCC1(C(=O)NCC(N)c2ccccc2)CCCC1.Cl. The van der Waals surface area contributed by atoms with Crippen molar-refractivity contribution in [2.75, 3.05) is 6.54 Å². The Morgan fingerprint density at radius 3 is 2.45 bits per heavy atom. The zero-order chi connectivity index (χ0) is 13.7. The van der Waals surface area contributed by atoms with Crippen molar-refractivity contribution in [2.24, 2.45) is 11.1 Å². The van der Waals surface area contributed by atoms with Gasteiger partial charge in [-0.25, -0.2) is 0 Å². The van der Waals surface area contributed by atoms with Crippen LogP contribution in [0, 0.1) is 5.41 Å². The molecule has 0 aliphatic heterocycles. The Balaban J connectivity index is 0.00000200. The summed E-state index contributed by atoms with van der Waals surface area (Å²) in [4.78, 5) is 12.4. The Labute approximate surface area is 127 Å². The summed E-state index contributed by atoms with van der Waals surface area (Å²) in [5.41, 5.74) is 7.05. The van der Waals surface area contributed by atoms with Gasteiger partial charge in [-0.1, -0.05) is 50.1 Å². The summed E-state index contributed by atoms with van der Waals surface area (Å²) in [6, 6.07) is 9.80. The number of rotatable bonds is 5. The van der Waals surface area contributed by atoms with Crippen molar-refractivity contribution in [1.29, 1.82) is 0 Å². The van der Waals surface area contributed by atoms with E-state index in [0.29, 0.717) is 6.54 Å². The molecular weight excluding hydrogens is 272 g/mol. The molecule has 0 aromatic heterocycles. The zero-order valence-corrected chi connectivity index (χ0v) is 12.9. The summed E-state index contributed by atoms with van der Waals surface area (Å²) in [6.07, 6.45) is 5.32. The predicted molar refractivity (Wildman–Crippen MR) is 84.8 cm³/mol. The highest BCUT2D eigenvalue weighted by atomic mass is 35.5. The topological polar surface area (TPSA) is 55.1 Å². The molecule has 112 valence electrons. The van der Waals surface area contributed by atoms with E-state index in [9.17, 15) is 4.79 Å². The van der Waals surface area contributed by atoms with Gasteiger partial charge in [0.15, 0.2) is 0 Å². The van der Waals surface area contributed by atoms with Crippen LogP contribution in [0.25, 0.3) is 0 Å². The van der Waals surface area contributed by atoms with Crippen LogP contribution in [0.4, 0.5) is 0 Å². The van der Waals surface area contributed by atoms with Crippen LogP contribution in [0.5, 0.6) is 0 Å². The molecule has 1 aromatic carbocycles. The van der Waals surface area contributed by atoms with Crippen LogP contribution in [-0.4, -0.2) is 12.5 Å². The first-order valence-corrected chi connectivity index (χ1v) is 7.27. The molecule has 3 N–H and O–H groups in total. The number of nitrogens with one attached hydrogen (secondary N) is 1. The van der Waals surface area contributed by atoms with Gasteiger partial charge in [-0.3, -0.25) is 4.79 Å². The minimum Gasteiger partial charge on any atom is -0.354 e. The van der Waals surface area contributed by atoms with E-state index in [2.05, 4.69) is 12.2 Å². The lowest BCUT2D eigenvalue weighted by atomic mass is 9.82. The van der Waals surface area contributed by atoms with Crippen LogP contribution in [0.1, 0.15) is 50.6 Å². The standard InChI is InChI=1S/C16H24N2O.ClH/c1-2-16(10-6-7-11-16)15(19)18-12-14(17)13-8-4-3-5-9-13;/h3-5,8-9,14H,2,6-7,10-12,17H2,1H3,(H,18,19);1H. The molecule has 1 amide bonds. The summed E-state index contributed by atoms with van der Waals surface area (Å²) in [6.45, 7) is 2.63. The van der Waals surface area contributed by atoms with Crippen molar-refractivity contribution < 1.29 is 4.79 Å². The first kappa shape index (κ1) is 17.0. The Kier molecular flexibility index (Phi) is 6.50. The van der Waals surface area contributed by atoms with Crippen molar-refractivity contribution >= 4 is 18.3 Å². The fourth-order valence-corrected chi connectivity index (χ4v) is 3.00. The number of amides is 1. The summed E-state index contributed by atoms with van der Waals surface area (Å²) in [5.74, 6) is 0.193. The van der Waals surface area contributed by atoms with Crippen molar-refractivity contribution in [2.45, 2.75) is 45.1 Å². The van der Waals surface area contributed by atoms with Gasteiger partial charge in [0, 0.05) is 18.0 Å². The van der Waals surface area contributed by atoms with Gasteiger partial charge in [-0.05, 0) is 24.8 Å². The molecular formula is C16H25ClN2O. The van der Waals surface area contributed by atoms with Crippen molar-refractivity contribution in [1.82, 2.24) is 5.32 Å². The molecule has 4 heteroatoms.